The fourth-order valence-electron chi connectivity index (χ4n) is 1.76. The van der Waals surface area contributed by atoms with Crippen LogP contribution in [0.4, 0.5) is 0 Å². The van der Waals surface area contributed by atoms with Crippen LogP contribution in [0.25, 0.3) is 0 Å². The molecular formula is C14H16ClNO. The second-order valence-electron chi connectivity index (χ2n) is 4.22. The molecule has 0 saturated carbocycles. The lowest BCUT2D eigenvalue weighted by atomic mass is 10.1. The SMILES string of the molecule is Cc1cccc([C@@H](C)NCc2ccc(Cl)o2)c1. The minimum Gasteiger partial charge on any atom is -0.448 e. The average Bonchev–Trinajstić information content (AvgIpc) is 2.72. The number of furan rings is 1. The summed E-state index contributed by atoms with van der Waals surface area (Å²) in [5, 5.41) is 3.84. The van der Waals surface area contributed by atoms with Crippen LogP contribution in [-0.4, -0.2) is 0 Å². The van der Waals surface area contributed by atoms with Gasteiger partial charge in [-0.3, -0.25) is 0 Å². The summed E-state index contributed by atoms with van der Waals surface area (Å²) in [4.78, 5) is 0. The zero-order valence-corrected chi connectivity index (χ0v) is 10.8. The number of benzene rings is 1. The van der Waals surface area contributed by atoms with E-state index in [1.165, 1.54) is 11.1 Å². The maximum absolute atomic E-state index is 5.72. The Kier molecular flexibility index (Phi) is 3.87. The Labute approximate surface area is 107 Å². The summed E-state index contributed by atoms with van der Waals surface area (Å²) < 4.78 is 5.30. The van der Waals surface area contributed by atoms with Gasteiger partial charge in [0.05, 0.1) is 6.54 Å². The molecule has 1 N–H and O–H groups in total. The lowest BCUT2D eigenvalue weighted by Crippen LogP contribution is -2.17. The van der Waals surface area contributed by atoms with Crippen molar-refractivity contribution < 1.29 is 4.42 Å². The maximum atomic E-state index is 5.72. The van der Waals surface area contributed by atoms with Crippen molar-refractivity contribution in [3.63, 3.8) is 0 Å². The average molecular weight is 250 g/mol. The van der Waals surface area contributed by atoms with Gasteiger partial charge in [0.25, 0.3) is 0 Å². The number of nitrogens with one attached hydrogen (secondary N) is 1. The molecule has 3 heteroatoms. The molecule has 0 aliphatic carbocycles. The molecule has 0 saturated heterocycles. The van der Waals surface area contributed by atoms with Crippen LogP contribution in [0, 0.1) is 6.92 Å². The highest BCUT2D eigenvalue weighted by molar-refractivity contribution is 6.28. The van der Waals surface area contributed by atoms with Crippen molar-refractivity contribution in [2.24, 2.45) is 0 Å². The van der Waals surface area contributed by atoms with Crippen LogP contribution >= 0.6 is 11.6 Å². The molecule has 0 radical (unpaired) electrons. The van der Waals surface area contributed by atoms with E-state index in [-0.39, 0.29) is 0 Å². The van der Waals surface area contributed by atoms with Crippen LogP contribution in [0.15, 0.2) is 40.8 Å². The van der Waals surface area contributed by atoms with Crippen molar-refractivity contribution in [2.75, 3.05) is 0 Å². The fourth-order valence-corrected chi connectivity index (χ4v) is 1.92. The maximum Gasteiger partial charge on any atom is 0.193 e. The van der Waals surface area contributed by atoms with Crippen molar-refractivity contribution in [3.8, 4) is 0 Å². The van der Waals surface area contributed by atoms with E-state index in [1.807, 2.05) is 6.07 Å². The van der Waals surface area contributed by atoms with Crippen LogP contribution in [0.1, 0.15) is 29.9 Å². The molecule has 1 aromatic heterocycles. The topological polar surface area (TPSA) is 25.2 Å². The van der Waals surface area contributed by atoms with Crippen LogP contribution in [0.3, 0.4) is 0 Å². The van der Waals surface area contributed by atoms with E-state index in [2.05, 4.69) is 43.4 Å². The molecule has 2 nitrogen and oxygen atoms in total. The van der Waals surface area contributed by atoms with Gasteiger partial charge in [-0.05, 0) is 43.1 Å². The first-order valence-corrected chi connectivity index (χ1v) is 6.07. The van der Waals surface area contributed by atoms with Gasteiger partial charge in [-0.2, -0.15) is 0 Å². The van der Waals surface area contributed by atoms with Gasteiger partial charge in [0.2, 0.25) is 0 Å². The Morgan fingerprint density at radius 2 is 2.12 bits per heavy atom. The van der Waals surface area contributed by atoms with Gasteiger partial charge in [-0.25, -0.2) is 0 Å². The Morgan fingerprint density at radius 1 is 1.29 bits per heavy atom. The van der Waals surface area contributed by atoms with Crippen LogP contribution in [-0.2, 0) is 6.54 Å². The van der Waals surface area contributed by atoms with Crippen molar-refractivity contribution in [3.05, 3.63) is 58.5 Å². The highest BCUT2D eigenvalue weighted by Gasteiger charge is 2.06. The molecule has 0 fully saturated rings. The molecule has 90 valence electrons. The first-order valence-electron chi connectivity index (χ1n) is 5.69. The summed E-state index contributed by atoms with van der Waals surface area (Å²) in [6.07, 6.45) is 0. The van der Waals surface area contributed by atoms with E-state index in [1.54, 1.807) is 6.07 Å². The quantitative estimate of drug-likeness (QED) is 0.883. The largest absolute Gasteiger partial charge is 0.448 e. The lowest BCUT2D eigenvalue weighted by Gasteiger charge is -2.13. The third kappa shape index (κ3) is 3.35. The van der Waals surface area contributed by atoms with Gasteiger partial charge in [0, 0.05) is 6.04 Å². The first kappa shape index (κ1) is 12.2. The molecular weight excluding hydrogens is 234 g/mol. The molecule has 1 atom stereocenters. The van der Waals surface area contributed by atoms with Crippen LogP contribution < -0.4 is 5.32 Å². The summed E-state index contributed by atoms with van der Waals surface area (Å²) in [5.41, 5.74) is 2.56. The fraction of sp³-hybridized carbons (Fsp3) is 0.286. The number of aryl methyl sites for hydroxylation is 1. The van der Waals surface area contributed by atoms with E-state index in [0.717, 1.165) is 5.76 Å². The minimum atomic E-state index is 0.291. The predicted octanol–water partition coefficient (Wildman–Crippen LogP) is 4.09. The van der Waals surface area contributed by atoms with Crippen molar-refractivity contribution >= 4 is 11.6 Å². The second-order valence-corrected chi connectivity index (χ2v) is 4.60. The van der Waals surface area contributed by atoms with Gasteiger partial charge >= 0.3 is 0 Å². The Balaban J connectivity index is 1.95. The summed E-state index contributed by atoms with van der Waals surface area (Å²) in [6.45, 7) is 4.92. The minimum absolute atomic E-state index is 0.291. The zero-order valence-electron chi connectivity index (χ0n) is 10.0. The van der Waals surface area contributed by atoms with Crippen LogP contribution in [0.5, 0.6) is 0 Å². The van der Waals surface area contributed by atoms with E-state index < -0.39 is 0 Å². The molecule has 0 amide bonds. The molecule has 1 aromatic carbocycles. The summed E-state index contributed by atoms with van der Waals surface area (Å²) in [7, 11) is 0. The molecule has 0 bridgehead atoms. The van der Waals surface area contributed by atoms with E-state index >= 15 is 0 Å². The molecule has 1 heterocycles. The van der Waals surface area contributed by atoms with Gasteiger partial charge in [0.15, 0.2) is 5.22 Å². The number of hydrogen-bond acceptors (Lipinski definition) is 2. The monoisotopic (exact) mass is 249 g/mol. The smallest absolute Gasteiger partial charge is 0.193 e. The molecule has 0 unspecified atom stereocenters. The van der Waals surface area contributed by atoms with E-state index in [0.29, 0.717) is 17.8 Å². The van der Waals surface area contributed by atoms with E-state index in [4.69, 9.17) is 16.0 Å². The summed E-state index contributed by atoms with van der Waals surface area (Å²) >= 11 is 5.72. The standard InChI is InChI=1S/C14H16ClNO/c1-10-4-3-5-12(8-10)11(2)16-9-13-6-7-14(15)17-13/h3-8,11,16H,9H2,1-2H3/t11-/m1/s1. The van der Waals surface area contributed by atoms with Gasteiger partial charge < -0.3 is 9.73 Å². The summed E-state index contributed by atoms with van der Waals surface area (Å²) in [5.74, 6) is 0.856. The Bertz CT molecular complexity index is 492. The lowest BCUT2D eigenvalue weighted by molar-refractivity contribution is 0.461. The van der Waals surface area contributed by atoms with Crippen molar-refractivity contribution in [1.29, 1.82) is 0 Å². The first-order chi connectivity index (χ1) is 8.15. The van der Waals surface area contributed by atoms with Gasteiger partial charge in [0.1, 0.15) is 5.76 Å². The molecule has 0 spiro atoms. The van der Waals surface area contributed by atoms with Crippen molar-refractivity contribution in [1.82, 2.24) is 5.32 Å². The zero-order chi connectivity index (χ0) is 12.3. The van der Waals surface area contributed by atoms with Crippen LogP contribution in [0.2, 0.25) is 5.22 Å². The third-order valence-electron chi connectivity index (χ3n) is 2.75. The number of halogens is 1. The summed E-state index contributed by atoms with van der Waals surface area (Å²) in [6, 6.07) is 12.4. The molecule has 2 aromatic rings. The molecule has 0 aliphatic heterocycles. The third-order valence-corrected chi connectivity index (χ3v) is 2.96. The van der Waals surface area contributed by atoms with Gasteiger partial charge in [-0.1, -0.05) is 29.8 Å². The molecule has 2 rings (SSSR count). The second kappa shape index (κ2) is 5.39. The molecule has 0 aliphatic rings. The highest BCUT2D eigenvalue weighted by Crippen LogP contribution is 2.16. The number of rotatable bonds is 4. The van der Waals surface area contributed by atoms with Crippen molar-refractivity contribution in [2.45, 2.75) is 26.4 Å². The van der Waals surface area contributed by atoms with E-state index in [9.17, 15) is 0 Å². The molecule has 17 heavy (non-hydrogen) atoms. The normalized spacial score (nSPS) is 12.6. The highest BCUT2D eigenvalue weighted by atomic mass is 35.5. The Morgan fingerprint density at radius 3 is 2.76 bits per heavy atom. The van der Waals surface area contributed by atoms with Gasteiger partial charge in [-0.15, -0.1) is 0 Å². The predicted molar refractivity (Wildman–Crippen MR) is 70.2 cm³/mol. The number of hydrogen-bond donors (Lipinski definition) is 1. The Hall–Kier alpha value is -1.25.